The van der Waals surface area contributed by atoms with Gasteiger partial charge in [0.2, 0.25) is 0 Å². The van der Waals surface area contributed by atoms with Crippen molar-refractivity contribution in [2.24, 2.45) is 0 Å². The lowest BCUT2D eigenvalue weighted by molar-refractivity contribution is 0.0860. The van der Waals surface area contributed by atoms with Gasteiger partial charge in [0, 0.05) is 12.1 Å². The van der Waals surface area contributed by atoms with E-state index in [1.54, 1.807) is 21.3 Å². The summed E-state index contributed by atoms with van der Waals surface area (Å²) in [5, 5.41) is 0. The van der Waals surface area contributed by atoms with Gasteiger partial charge in [0.05, 0.1) is 21.3 Å². The largest absolute Gasteiger partial charge is 0.493 e. The molecule has 1 rings (SSSR count). The number of benzene rings is 1. The second-order valence-corrected chi connectivity index (χ2v) is 3.37. The lowest BCUT2D eigenvalue weighted by Gasteiger charge is -2.14. The van der Waals surface area contributed by atoms with E-state index in [9.17, 15) is 0 Å². The number of hydrogen-bond donors (Lipinski definition) is 1. The molecule has 0 spiro atoms. The van der Waals surface area contributed by atoms with Crippen molar-refractivity contribution >= 4 is 0 Å². The molecule has 0 saturated carbocycles. The summed E-state index contributed by atoms with van der Waals surface area (Å²) in [7, 11) is 4.87. The number of methoxy groups -OCH3 is 2. The van der Waals surface area contributed by atoms with Gasteiger partial charge in [0.1, 0.15) is 0 Å². The second-order valence-electron chi connectivity index (χ2n) is 3.37. The molecule has 0 unspecified atom stereocenters. The fourth-order valence-corrected chi connectivity index (χ4v) is 1.59. The predicted octanol–water partition coefficient (Wildman–Crippen LogP) is 1.92. The Morgan fingerprint density at radius 3 is 2.38 bits per heavy atom. The minimum Gasteiger partial charge on any atom is -0.493 e. The van der Waals surface area contributed by atoms with E-state index in [2.05, 4.69) is 18.5 Å². The van der Waals surface area contributed by atoms with Crippen LogP contribution in [0.5, 0.6) is 11.5 Å². The molecule has 0 atom stereocenters. The van der Waals surface area contributed by atoms with Crippen molar-refractivity contribution in [3.63, 3.8) is 0 Å². The van der Waals surface area contributed by atoms with Gasteiger partial charge in [-0.2, -0.15) is 5.48 Å². The van der Waals surface area contributed by atoms with Crippen LogP contribution >= 0.6 is 0 Å². The fourth-order valence-electron chi connectivity index (χ4n) is 1.59. The van der Waals surface area contributed by atoms with Crippen LogP contribution in [-0.4, -0.2) is 21.3 Å². The maximum Gasteiger partial charge on any atom is 0.165 e. The average molecular weight is 225 g/mol. The van der Waals surface area contributed by atoms with E-state index in [1.807, 2.05) is 6.07 Å². The third-order valence-corrected chi connectivity index (χ3v) is 2.43. The van der Waals surface area contributed by atoms with Gasteiger partial charge in [-0.25, -0.2) is 0 Å². The molecule has 0 bridgehead atoms. The first-order chi connectivity index (χ1) is 7.76. The van der Waals surface area contributed by atoms with Crippen molar-refractivity contribution in [2.75, 3.05) is 21.3 Å². The molecule has 1 aromatic carbocycles. The van der Waals surface area contributed by atoms with E-state index < -0.39 is 0 Å². The first-order valence-corrected chi connectivity index (χ1v) is 5.26. The highest BCUT2D eigenvalue weighted by Gasteiger charge is 2.11. The number of rotatable bonds is 6. The highest BCUT2D eigenvalue weighted by Crippen LogP contribution is 2.32. The molecule has 0 aromatic heterocycles. The Hall–Kier alpha value is -1.26. The Morgan fingerprint density at radius 1 is 1.12 bits per heavy atom. The molecule has 0 aliphatic rings. The summed E-state index contributed by atoms with van der Waals surface area (Å²) in [5.41, 5.74) is 5.05. The zero-order valence-electron chi connectivity index (χ0n) is 10.3. The van der Waals surface area contributed by atoms with Crippen LogP contribution < -0.4 is 15.0 Å². The Kier molecular flexibility index (Phi) is 5.08. The molecule has 90 valence electrons. The lowest BCUT2D eigenvalue weighted by Crippen LogP contribution is -2.12. The maximum absolute atomic E-state index is 5.34. The van der Waals surface area contributed by atoms with Crippen molar-refractivity contribution in [1.82, 2.24) is 5.48 Å². The number of ether oxygens (including phenoxy) is 2. The summed E-state index contributed by atoms with van der Waals surface area (Å²) < 4.78 is 10.6. The maximum atomic E-state index is 5.34. The minimum atomic E-state index is 0.587. The summed E-state index contributed by atoms with van der Waals surface area (Å²) in [5.74, 6) is 1.51. The van der Waals surface area contributed by atoms with Gasteiger partial charge in [-0.1, -0.05) is 13.0 Å². The van der Waals surface area contributed by atoms with Crippen LogP contribution in [0.3, 0.4) is 0 Å². The first-order valence-electron chi connectivity index (χ1n) is 5.26. The van der Waals surface area contributed by atoms with Crippen LogP contribution in [0.1, 0.15) is 18.1 Å². The van der Waals surface area contributed by atoms with Crippen LogP contribution in [0.4, 0.5) is 0 Å². The van der Waals surface area contributed by atoms with Crippen LogP contribution in [-0.2, 0) is 17.8 Å². The molecular weight excluding hydrogens is 206 g/mol. The highest BCUT2D eigenvalue weighted by atomic mass is 16.6. The Balaban J connectivity index is 3.09. The van der Waals surface area contributed by atoms with Crippen molar-refractivity contribution in [3.05, 3.63) is 23.3 Å². The summed E-state index contributed by atoms with van der Waals surface area (Å²) in [6.45, 7) is 2.69. The molecule has 0 fully saturated rings. The molecular formula is C12H19NO3. The first kappa shape index (κ1) is 12.8. The van der Waals surface area contributed by atoms with Gasteiger partial charge in [-0.15, -0.1) is 0 Å². The van der Waals surface area contributed by atoms with Gasteiger partial charge in [0.15, 0.2) is 11.5 Å². The Bertz CT molecular complexity index is 339. The second kappa shape index (κ2) is 6.35. The minimum absolute atomic E-state index is 0.587. The number of hydroxylamine groups is 1. The molecule has 0 aliphatic heterocycles. The van der Waals surface area contributed by atoms with Crippen LogP contribution in [0, 0.1) is 0 Å². The Morgan fingerprint density at radius 2 is 1.88 bits per heavy atom. The van der Waals surface area contributed by atoms with Gasteiger partial charge < -0.3 is 14.3 Å². The van der Waals surface area contributed by atoms with E-state index in [-0.39, 0.29) is 0 Å². The predicted molar refractivity (Wildman–Crippen MR) is 62.8 cm³/mol. The smallest absolute Gasteiger partial charge is 0.165 e. The molecule has 1 aromatic rings. The Labute approximate surface area is 96.5 Å². The topological polar surface area (TPSA) is 39.7 Å². The lowest BCUT2D eigenvalue weighted by atomic mass is 10.1. The fraction of sp³-hybridized carbons (Fsp3) is 0.500. The van der Waals surface area contributed by atoms with Crippen molar-refractivity contribution in [2.45, 2.75) is 19.9 Å². The van der Waals surface area contributed by atoms with Gasteiger partial charge >= 0.3 is 0 Å². The van der Waals surface area contributed by atoms with Crippen LogP contribution in [0.15, 0.2) is 12.1 Å². The van der Waals surface area contributed by atoms with Crippen molar-refractivity contribution in [1.29, 1.82) is 0 Å². The summed E-state index contributed by atoms with van der Waals surface area (Å²) in [6.07, 6.45) is 0.959. The standard InChI is InChI=1S/C12H19NO3/c1-5-9-6-10(8-13-16-4)12(15-3)11(7-9)14-2/h6-7,13H,5,8H2,1-4H3. The third kappa shape index (κ3) is 2.87. The number of hydrogen-bond acceptors (Lipinski definition) is 4. The number of nitrogens with one attached hydrogen (secondary N) is 1. The summed E-state index contributed by atoms with van der Waals surface area (Å²) >= 11 is 0. The van der Waals surface area contributed by atoms with Gasteiger partial charge in [-0.05, 0) is 18.1 Å². The summed E-state index contributed by atoms with van der Waals surface area (Å²) in [4.78, 5) is 4.85. The van der Waals surface area contributed by atoms with Crippen molar-refractivity contribution < 1.29 is 14.3 Å². The molecule has 4 heteroatoms. The average Bonchev–Trinajstić information content (AvgIpc) is 2.34. The quantitative estimate of drug-likeness (QED) is 0.751. The molecule has 16 heavy (non-hydrogen) atoms. The van der Waals surface area contributed by atoms with E-state index >= 15 is 0 Å². The van der Waals surface area contributed by atoms with E-state index in [0.29, 0.717) is 6.54 Å². The monoisotopic (exact) mass is 225 g/mol. The molecule has 0 saturated heterocycles. The van der Waals surface area contributed by atoms with Gasteiger partial charge in [-0.3, -0.25) is 0 Å². The normalized spacial score (nSPS) is 10.2. The zero-order valence-corrected chi connectivity index (χ0v) is 10.3. The molecule has 0 radical (unpaired) electrons. The number of aryl methyl sites for hydroxylation is 1. The zero-order chi connectivity index (χ0) is 12.0. The SMILES string of the molecule is CCc1cc(CNOC)c(OC)c(OC)c1. The van der Waals surface area contributed by atoms with Gasteiger partial charge in [0.25, 0.3) is 0 Å². The van der Waals surface area contributed by atoms with E-state index in [4.69, 9.17) is 14.3 Å². The van der Waals surface area contributed by atoms with E-state index in [1.165, 1.54) is 5.56 Å². The molecule has 0 amide bonds. The third-order valence-electron chi connectivity index (χ3n) is 2.43. The van der Waals surface area contributed by atoms with E-state index in [0.717, 1.165) is 23.5 Å². The molecule has 0 heterocycles. The van der Waals surface area contributed by atoms with Crippen LogP contribution in [0.25, 0.3) is 0 Å². The summed E-state index contributed by atoms with van der Waals surface area (Å²) in [6, 6.07) is 4.09. The molecule has 0 aliphatic carbocycles. The van der Waals surface area contributed by atoms with Crippen molar-refractivity contribution in [3.8, 4) is 11.5 Å². The molecule has 1 N–H and O–H groups in total. The van der Waals surface area contributed by atoms with Crippen LogP contribution in [0.2, 0.25) is 0 Å². The highest BCUT2D eigenvalue weighted by molar-refractivity contribution is 5.49. The molecule has 4 nitrogen and oxygen atoms in total.